The lowest BCUT2D eigenvalue weighted by molar-refractivity contribution is 1.03. The van der Waals surface area contributed by atoms with Crippen LogP contribution in [0.4, 0.5) is 5.82 Å². The lowest BCUT2D eigenvalue weighted by Crippen LogP contribution is -2.18. The Hall–Kier alpha value is -1.36. The standard InChI is InChI=1S/C11H13N3OS/c1-14(2)10-9-7(12-11(15)13-10)5-8(16-9)6-3-4-6/h5-6H,3-4H2,1-2H3,(H,12,13,15). The lowest BCUT2D eigenvalue weighted by atomic mass is 10.3. The predicted octanol–water partition coefficient (Wildman–Crippen LogP) is 1.93. The molecule has 0 unspecified atom stereocenters. The molecule has 1 aliphatic rings. The second kappa shape index (κ2) is 3.31. The van der Waals surface area contributed by atoms with Crippen LogP contribution in [-0.4, -0.2) is 24.1 Å². The van der Waals surface area contributed by atoms with Gasteiger partial charge in [-0.25, -0.2) is 4.79 Å². The number of fused-ring (bicyclic) bond motifs is 1. The Labute approximate surface area is 96.9 Å². The third kappa shape index (κ3) is 1.51. The Kier molecular flexibility index (Phi) is 2.04. The third-order valence-electron chi connectivity index (χ3n) is 2.81. The van der Waals surface area contributed by atoms with Gasteiger partial charge in [0, 0.05) is 19.0 Å². The van der Waals surface area contributed by atoms with Crippen molar-refractivity contribution in [1.82, 2.24) is 9.97 Å². The molecule has 1 N–H and O–H groups in total. The van der Waals surface area contributed by atoms with Crippen molar-refractivity contribution < 1.29 is 0 Å². The van der Waals surface area contributed by atoms with Crippen LogP contribution in [0.3, 0.4) is 0 Å². The molecule has 3 rings (SSSR count). The second-order valence-corrected chi connectivity index (χ2v) is 5.51. The summed E-state index contributed by atoms with van der Waals surface area (Å²) in [5, 5.41) is 0. The molecular formula is C11H13N3OS. The summed E-state index contributed by atoms with van der Waals surface area (Å²) in [7, 11) is 3.83. The number of nitrogens with zero attached hydrogens (tertiary/aromatic N) is 2. The molecule has 0 aliphatic heterocycles. The molecule has 2 heterocycles. The molecule has 0 amide bonds. The molecule has 0 spiro atoms. The second-order valence-electron chi connectivity index (χ2n) is 4.43. The number of rotatable bonds is 2. The van der Waals surface area contributed by atoms with Gasteiger partial charge in [-0.15, -0.1) is 11.3 Å². The molecule has 0 aromatic carbocycles. The van der Waals surface area contributed by atoms with Crippen LogP contribution in [0.1, 0.15) is 23.6 Å². The van der Waals surface area contributed by atoms with Gasteiger partial charge in [-0.3, -0.25) is 0 Å². The van der Waals surface area contributed by atoms with Crippen LogP contribution in [0.15, 0.2) is 10.9 Å². The van der Waals surface area contributed by atoms with Crippen molar-refractivity contribution >= 4 is 27.4 Å². The van der Waals surface area contributed by atoms with Gasteiger partial charge in [-0.2, -0.15) is 4.98 Å². The minimum atomic E-state index is -0.267. The van der Waals surface area contributed by atoms with Crippen LogP contribution >= 0.6 is 11.3 Å². The van der Waals surface area contributed by atoms with Crippen molar-refractivity contribution in [3.05, 3.63) is 21.4 Å². The van der Waals surface area contributed by atoms with Gasteiger partial charge >= 0.3 is 5.69 Å². The SMILES string of the molecule is CN(C)c1nc(=O)[nH]c2cc(C3CC3)sc12. The van der Waals surface area contributed by atoms with E-state index < -0.39 is 0 Å². The third-order valence-corrected chi connectivity index (χ3v) is 4.10. The Bertz CT molecular complexity index is 595. The zero-order valence-electron chi connectivity index (χ0n) is 9.28. The zero-order chi connectivity index (χ0) is 11.3. The summed E-state index contributed by atoms with van der Waals surface area (Å²) in [6.07, 6.45) is 2.56. The van der Waals surface area contributed by atoms with Crippen LogP contribution < -0.4 is 10.6 Å². The van der Waals surface area contributed by atoms with Gasteiger partial charge in [-0.05, 0) is 24.8 Å². The molecule has 0 saturated heterocycles. The molecule has 2 aromatic heterocycles. The lowest BCUT2D eigenvalue weighted by Gasteiger charge is -2.10. The van der Waals surface area contributed by atoms with Gasteiger partial charge in [-0.1, -0.05) is 0 Å². The van der Waals surface area contributed by atoms with E-state index in [1.54, 1.807) is 11.3 Å². The summed E-state index contributed by atoms with van der Waals surface area (Å²) < 4.78 is 1.09. The maximum Gasteiger partial charge on any atom is 0.347 e. The van der Waals surface area contributed by atoms with Crippen LogP contribution in [0.5, 0.6) is 0 Å². The molecule has 84 valence electrons. The molecule has 0 atom stereocenters. The van der Waals surface area contributed by atoms with Gasteiger partial charge in [0.05, 0.1) is 10.2 Å². The molecular weight excluding hydrogens is 222 g/mol. The van der Waals surface area contributed by atoms with Crippen LogP contribution in [0.25, 0.3) is 10.2 Å². The molecule has 5 heteroatoms. The zero-order valence-corrected chi connectivity index (χ0v) is 10.1. The molecule has 16 heavy (non-hydrogen) atoms. The van der Waals surface area contributed by atoms with Crippen molar-refractivity contribution in [2.75, 3.05) is 19.0 Å². The molecule has 1 saturated carbocycles. The fourth-order valence-electron chi connectivity index (χ4n) is 1.83. The first-order chi connectivity index (χ1) is 7.65. The minimum Gasteiger partial charge on any atom is -0.361 e. The number of nitrogens with one attached hydrogen (secondary N) is 1. The highest BCUT2D eigenvalue weighted by Gasteiger charge is 2.26. The van der Waals surface area contributed by atoms with Crippen molar-refractivity contribution in [2.24, 2.45) is 0 Å². The van der Waals surface area contributed by atoms with Gasteiger partial charge in [0.1, 0.15) is 0 Å². The molecule has 4 nitrogen and oxygen atoms in total. The first-order valence-electron chi connectivity index (χ1n) is 5.36. The number of hydrogen-bond donors (Lipinski definition) is 1. The highest BCUT2D eigenvalue weighted by atomic mass is 32.1. The van der Waals surface area contributed by atoms with E-state index in [1.165, 1.54) is 17.7 Å². The van der Waals surface area contributed by atoms with E-state index in [1.807, 2.05) is 19.0 Å². The summed E-state index contributed by atoms with van der Waals surface area (Å²) in [6, 6.07) is 2.10. The maximum absolute atomic E-state index is 11.4. The summed E-state index contributed by atoms with van der Waals surface area (Å²) >= 11 is 1.76. The summed E-state index contributed by atoms with van der Waals surface area (Å²) in [5.74, 6) is 1.49. The van der Waals surface area contributed by atoms with E-state index in [0.717, 1.165) is 22.0 Å². The Morgan fingerprint density at radius 1 is 1.50 bits per heavy atom. The largest absolute Gasteiger partial charge is 0.361 e. The average molecular weight is 235 g/mol. The van der Waals surface area contributed by atoms with Crippen molar-refractivity contribution in [2.45, 2.75) is 18.8 Å². The maximum atomic E-state index is 11.4. The number of aromatic nitrogens is 2. The first-order valence-corrected chi connectivity index (χ1v) is 6.18. The fraction of sp³-hybridized carbons (Fsp3) is 0.455. The highest BCUT2D eigenvalue weighted by Crippen LogP contribution is 2.45. The van der Waals surface area contributed by atoms with Gasteiger partial charge < -0.3 is 9.88 Å². The first kappa shape index (κ1) is 9.84. The molecule has 0 bridgehead atoms. The van der Waals surface area contributed by atoms with E-state index in [0.29, 0.717) is 0 Å². The van der Waals surface area contributed by atoms with E-state index in [9.17, 15) is 4.79 Å². The number of H-pyrrole nitrogens is 1. The van der Waals surface area contributed by atoms with Crippen molar-refractivity contribution in [3.63, 3.8) is 0 Å². The highest BCUT2D eigenvalue weighted by molar-refractivity contribution is 7.19. The summed E-state index contributed by atoms with van der Waals surface area (Å²) in [6.45, 7) is 0. The van der Waals surface area contributed by atoms with Crippen molar-refractivity contribution in [3.8, 4) is 0 Å². The van der Waals surface area contributed by atoms with Crippen LogP contribution in [0.2, 0.25) is 0 Å². The Morgan fingerprint density at radius 2 is 2.25 bits per heavy atom. The van der Waals surface area contributed by atoms with Gasteiger partial charge in [0.15, 0.2) is 5.82 Å². The van der Waals surface area contributed by atoms with Crippen LogP contribution in [0, 0.1) is 0 Å². The van der Waals surface area contributed by atoms with E-state index in [-0.39, 0.29) is 5.69 Å². The Balaban J connectivity index is 2.27. The van der Waals surface area contributed by atoms with Gasteiger partial charge in [0.25, 0.3) is 0 Å². The van der Waals surface area contributed by atoms with E-state index in [2.05, 4.69) is 16.0 Å². The summed E-state index contributed by atoms with van der Waals surface area (Å²) in [5.41, 5.74) is 0.659. The smallest absolute Gasteiger partial charge is 0.347 e. The number of anilines is 1. The van der Waals surface area contributed by atoms with Crippen molar-refractivity contribution in [1.29, 1.82) is 0 Å². The topological polar surface area (TPSA) is 49.0 Å². The Morgan fingerprint density at radius 3 is 2.88 bits per heavy atom. The molecule has 1 aliphatic carbocycles. The van der Waals surface area contributed by atoms with Crippen LogP contribution in [-0.2, 0) is 0 Å². The predicted molar refractivity (Wildman–Crippen MR) is 66.5 cm³/mol. The average Bonchev–Trinajstić information content (AvgIpc) is 2.98. The molecule has 1 fully saturated rings. The normalized spacial score (nSPS) is 15.6. The van der Waals surface area contributed by atoms with E-state index >= 15 is 0 Å². The molecule has 0 radical (unpaired) electrons. The number of thiophene rings is 1. The summed E-state index contributed by atoms with van der Waals surface area (Å²) in [4.78, 5) is 21.5. The number of hydrogen-bond acceptors (Lipinski definition) is 4. The minimum absolute atomic E-state index is 0.267. The molecule has 2 aromatic rings. The monoisotopic (exact) mass is 235 g/mol. The quantitative estimate of drug-likeness (QED) is 0.865. The number of aromatic amines is 1. The van der Waals surface area contributed by atoms with E-state index in [4.69, 9.17) is 0 Å². The van der Waals surface area contributed by atoms with Gasteiger partial charge in [0.2, 0.25) is 0 Å². The fourth-order valence-corrected chi connectivity index (χ4v) is 3.19.